The van der Waals surface area contributed by atoms with Crippen molar-refractivity contribution in [3.05, 3.63) is 83.9 Å². The fourth-order valence-corrected chi connectivity index (χ4v) is 4.23. The van der Waals surface area contributed by atoms with Gasteiger partial charge in [-0.25, -0.2) is 0 Å². The van der Waals surface area contributed by atoms with Gasteiger partial charge in [-0.15, -0.1) is 0 Å². The smallest absolute Gasteiger partial charge is 0.220 e. The lowest BCUT2D eigenvalue weighted by Gasteiger charge is -2.30. The molecule has 0 spiro atoms. The first kappa shape index (κ1) is 19.2. The Hall–Kier alpha value is -3.14. The number of benzene rings is 3. The topological polar surface area (TPSA) is 58.2 Å². The molecule has 0 bridgehead atoms. The summed E-state index contributed by atoms with van der Waals surface area (Å²) in [6.07, 6.45) is 3.07. The highest BCUT2D eigenvalue weighted by molar-refractivity contribution is 5.86. The second kappa shape index (κ2) is 8.48. The number of hydrogen-bond donors (Lipinski definition) is 2. The quantitative estimate of drug-likeness (QED) is 0.641. The molecule has 1 saturated heterocycles. The molecule has 148 valence electrons. The molecule has 3 aromatic carbocycles. The van der Waals surface area contributed by atoms with E-state index >= 15 is 0 Å². The van der Waals surface area contributed by atoms with E-state index in [-0.39, 0.29) is 17.4 Å². The average molecular weight is 386 g/mol. The normalized spacial score (nSPS) is 18.6. The first-order valence-electron chi connectivity index (χ1n) is 10.2. The average Bonchev–Trinajstić information content (AvgIpc) is 3.12. The standard InChI is InChI=1S/C25H26N2O2/c28-23(26-18-19-7-2-1-3-8-19)13-15-25(16-14-24(29)27-25)17-21-11-6-10-20-9-4-5-12-22(20)21/h1-12H,13-18H2,(H,26,28)(H,27,29). The number of carbonyl (C=O) groups excluding carboxylic acids is 2. The summed E-state index contributed by atoms with van der Waals surface area (Å²) in [5.74, 6) is 0.0993. The van der Waals surface area contributed by atoms with Crippen LogP contribution in [0, 0.1) is 0 Å². The van der Waals surface area contributed by atoms with Crippen LogP contribution < -0.4 is 10.6 Å². The molecule has 0 saturated carbocycles. The number of carbonyl (C=O) groups is 2. The summed E-state index contributed by atoms with van der Waals surface area (Å²) in [5.41, 5.74) is 1.95. The Balaban J connectivity index is 1.44. The third-order valence-corrected chi connectivity index (χ3v) is 5.81. The zero-order chi connectivity index (χ0) is 20.1. The van der Waals surface area contributed by atoms with Crippen LogP contribution in [0.5, 0.6) is 0 Å². The molecule has 3 aromatic rings. The summed E-state index contributed by atoms with van der Waals surface area (Å²) in [5, 5.41) is 8.60. The highest BCUT2D eigenvalue weighted by atomic mass is 16.2. The van der Waals surface area contributed by atoms with Crippen LogP contribution >= 0.6 is 0 Å². The van der Waals surface area contributed by atoms with Crippen LogP contribution in [0.15, 0.2) is 72.8 Å². The Morgan fingerprint density at radius 2 is 1.72 bits per heavy atom. The lowest BCUT2D eigenvalue weighted by molar-refractivity contribution is -0.122. The lowest BCUT2D eigenvalue weighted by atomic mass is 9.83. The Morgan fingerprint density at radius 3 is 2.52 bits per heavy atom. The van der Waals surface area contributed by atoms with Crippen LogP contribution in [0.3, 0.4) is 0 Å². The van der Waals surface area contributed by atoms with Crippen molar-refractivity contribution >= 4 is 22.6 Å². The molecule has 0 radical (unpaired) electrons. The maximum absolute atomic E-state index is 12.4. The number of nitrogens with one attached hydrogen (secondary N) is 2. The van der Waals surface area contributed by atoms with Crippen molar-refractivity contribution in [3.8, 4) is 0 Å². The van der Waals surface area contributed by atoms with Crippen molar-refractivity contribution in [2.75, 3.05) is 0 Å². The molecule has 1 aliphatic heterocycles. The van der Waals surface area contributed by atoms with Gasteiger partial charge in [0.05, 0.1) is 0 Å². The third kappa shape index (κ3) is 4.65. The van der Waals surface area contributed by atoms with Gasteiger partial charge in [-0.1, -0.05) is 72.8 Å². The van der Waals surface area contributed by atoms with Gasteiger partial charge in [-0.3, -0.25) is 9.59 Å². The zero-order valence-corrected chi connectivity index (χ0v) is 16.5. The second-order valence-corrected chi connectivity index (χ2v) is 7.91. The molecule has 1 heterocycles. The van der Waals surface area contributed by atoms with Crippen molar-refractivity contribution in [2.45, 2.75) is 44.2 Å². The minimum atomic E-state index is -0.356. The van der Waals surface area contributed by atoms with Crippen LogP contribution in [0.4, 0.5) is 0 Å². The first-order valence-corrected chi connectivity index (χ1v) is 10.2. The number of rotatable bonds is 7. The fourth-order valence-electron chi connectivity index (χ4n) is 4.23. The monoisotopic (exact) mass is 386 g/mol. The van der Waals surface area contributed by atoms with Crippen molar-refractivity contribution in [2.24, 2.45) is 0 Å². The van der Waals surface area contributed by atoms with Gasteiger partial charge in [0.1, 0.15) is 0 Å². The molecule has 2 amide bonds. The molecule has 1 atom stereocenters. The van der Waals surface area contributed by atoms with Crippen molar-refractivity contribution < 1.29 is 9.59 Å². The molecule has 0 aliphatic carbocycles. The molecular formula is C25H26N2O2. The summed E-state index contributed by atoms with van der Waals surface area (Å²) in [6.45, 7) is 0.530. The van der Waals surface area contributed by atoms with Crippen molar-refractivity contribution in [1.29, 1.82) is 0 Å². The minimum absolute atomic E-state index is 0.0206. The fraction of sp³-hybridized carbons (Fsp3) is 0.280. The van der Waals surface area contributed by atoms with E-state index < -0.39 is 0 Å². The first-order chi connectivity index (χ1) is 14.1. The molecule has 4 nitrogen and oxygen atoms in total. The molecule has 1 aliphatic rings. The molecule has 4 rings (SSSR count). The molecular weight excluding hydrogens is 360 g/mol. The van der Waals surface area contributed by atoms with E-state index in [2.05, 4.69) is 41.0 Å². The minimum Gasteiger partial charge on any atom is -0.352 e. The number of hydrogen-bond acceptors (Lipinski definition) is 2. The molecule has 29 heavy (non-hydrogen) atoms. The van der Waals surface area contributed by atoms with Gasteiger partial charge in [0.2, 0.25) is 11.8 Å². The Morgan fingerprint density at radius 1 is 0.966 bits per heavy atom. The van der Waals surface area contributed by atoms with Crippen LogP contribution in [-0.2, 0) is 22.6 Å². The van der Waals surface area contributed by atoms with Gasteiger partial charge >= 0.3 is 0 Å². The molecule has 1 unspecified atom stereocenters. The van der Waals surface area contributed by atoms with Gasteiger partial charge in [0, 0.05) is 24.9 Å². The maximum atomic E-state index is 12.4. The lowest BCUT2D eigenvalue weighted by Crippen LogP contribution is -2.44. The van der Waals surface area contributed by atoms with E-state index in [9.17, 15) is 9.59 Å². The van der Waals surface area contributed by atoms with Crippen molar-refractivity contribution in [1.82, 2.24) is 10.6 Å². The highest BCUT2D eigenvalue weighted by Crippen LogP contribution is 2.32. The zero-order valence-electron chi connectivity index (χ0n) is 16.5. The summed E-state index contributed by atoms with van der Waals surface area (Å²) in [7, 11) is 0. The largest absolute Gasteiger partial charge is 0.352 e. The van der Waals surface area contributed by atoms with Gasteiger partial charge in [-0.05, 0) is 41.2 Å². The van der Waals surface area contributed by atoms with Gasteiger partial charge in [-0.2, -0.15) is 0 Å². The molecule has 4 heteroatoms. The van der Waals surface area contributed by atoms with E-state index in [0.29, 0.717) is 25.8 Å². The van der Waals surface area contributed by atoms with Crippen LogP contribution in [0.1, 0.15) is 36.8 Å². The summed E-state index contributed by atoms with van der Waals surface area (Å²) in [4.78, 5) is 24.5. The summed E-state index contributed by atoms with van der Waals surface area (Å²) < 4.78 is 0. The Labute approximate surface area is 171 Å². The van der Waals surface area contributed by atoms with E-state index in [1.54, 1.807) is 0 Å². The predicted molar refractivity (Wildman–Crippen MR) is 115 cm³/mol. The molecule has 2 N–H and O–H groups in total. The van der Waals surface area contributed by atoms with E-state index in [1.165, 1.54) is 16.3 Å². The third-order valence-electron chi connectivity index (χ3n) is 5.81. The maximum Gasteiger partial charge on any atom is 0.220 e. The van der Waals surface area contributed by atoms with Crippen LogP contribution in [-0.4, -0.2) is 17.4 Å². The second-order valence-electron chi connectivity index (χ2n) is 7.91. The van der Waals surface area contributed by atoms with Crippen LogP contribution in [0.25, 0.3) is 10.8 Å². The van der Waals surface area contributed by atoms with Gasteiger partial charge in [0.15, 0.2) is 0 Å². The van der Waals surface area contributed by atoms with Crippen LogP contribution in [0.2, 0.25) is 0 Å². The predicted octanol–water partition coefficient (Wildman–Crippen LogP) is 4.13. The highest BCUT2D eigenvalue weighted by Gasteiger charge is 2.38. The van der Waals surface area contributed by atoms with Gasteiger partial charge in [0.25, 0.3) is 0 Å². The number of fused-ring (bicyclic) bond motifs is 1. The molecule has 0 aromatic heterocycles. The number of amides is 2. The summed E-state index contributed by atoms with van der Waals surface area (Å²) in [6, 6.07) is 24.5. The van der Waals surface area contributed by atoms with E-state index in [1.807, 2.05) is 42.5 Å². The molecule has 1 fully saturated rings. The SMILES string of the molecule is O=C(CCC1(Cc2cccc3ccccc23)CCC(=O)N1)NCc1ccccc1. The van der Waals surface area contributed by atoms with E-state index in [4.69, 9.17) is 0 Å². The Bertz CT molecular complexity index is 1010. The Kier molecular flexibility index (Phi) is 5.61. The van der Waals surface area contributed by atoms with Crippen molar-refractivity contribution in [3.63, 3.8) is 0 Å². The van der Waals surface area contributed by atoms with Gasteiger partial charge < -0.3 is 10.6 Å². The van der Waals surface area contributed by atoms with E-state index in [0.717, 1.165) is 18.4 Å². The summed E-state index contributed by atoms with van der Waals surface area (Å²) >= 11 is 0.